The normalized spacial score (nSPS) is 11.8. The number of thioether (sulfide) groups is 1. The van der Waals surface area contributed by atoms with Crippen LogP contribution in [0.4, 0.5) is 0 Å². The van der Waals surface area contributed by atoms with E-state index in [2.05, 4.69) is 9.97 Å². The number of nitrogens with zero attached hydrogens (tertiary/aromatic N) is 1. The Hall–Kier alpha value is -2.24. The van der Waals surface area contributed by atoms with Crippen molar-refractivity contribution in [2.24, 2.45) is 0 Å². The predicted octanol–water partition coefficient (Wildman–Crippen LogP) is 4.43. The van der Waals surface area contributed by atoms with Crippen LogP contribution < -0.4 is 0 Å². The number of carbonyl (C=O) groups is 1. The smallest absolute Gasteiger partial charge is 0.342 e. The van der Waals surface area contributed by atoms with Crippen LogP contribution in [0.5, 0.6) is 0 Å². The Morgan fingerprint density at radius 2 is 1.91 bits per heavy atom. The van der Waals surface area contributed by atoms with E-state index < -0.39 is 5.97 Å². The summed E-state index contributed by atoms with van der Waals surface area (Å²) >= 11 is 6.91. The number of para-hydroxylation sites is 2. The van der Waals surface area contributed by atoms with Gasteiger partial charge in [-0.25, -0.2) is 9.78 Å². The average Bonchev–Trinajstić information content (AvgIpc) is 2.91. The molecule has 0 spiro atoms. The third-order valence-corrected chi connectivity index (χ3v) is 4.10. The fourth-order valence-corrected chi connectivity index (χ4v) is 2.85. The van der Waals surface area contributed by atoms with Gasteiger partial charge in [0.05, 0.1) is 11.0 Å². The molecule has 1 aromatic heterocycles. The van der Waals surface area contributed by atoms with Gasteiger partial charge in [-0.3, -0.25) is 0 Å². The first kappa shape index (κ1) is 14.7. The molecule has 4 nitrogen and oxygen atoms in total. The molecule has 0 amide bonds. The number of hydrogen-bond donors (Lipinski definition) is 2. The monoisotopic (exact) mass is 330 g/mol. The minimum Gasteiger partial charge on any atom is -0.477 e. The molecule has 1 heterocycles. The lowest BCUT2D eigenvalue weighted by molar-refractivity contribution is -0.131. The SMILES string of the molecule is O=C(O)/C(=C/c1ccc(Cl)cc1)Sc1nc2ccccc2[nH]1. The lowest BCUT2D eigenvalue weighted by Gasteiger charge is -2.00. The first-order chi connectivity index (χ1) is 10.6. The van der Waals surface area contributed by atoms with Gasteiger partial charge in [-0.2, -0.15) is 0 Å². The molecule has 6 heteroatoms. The van der Waals surface area contributed by atoms with E-state index in [0.717, 1.165) is 28.4 Å². The molecule has 2 N–H and O–H groups in total. The van der Waals surface area contributed by atoms with Crippen LogP contribution in [-0.4, -0.2) is 21.0 Å². The first-order valence-electron chi connectivity index (χ1n) is 6.45. The Labute approximate surface area is 135 Å². The van der Waals surface area contributed by atoms with E-state index in [-0.39, 0.29) is 4.91 Å². The van der Waals surface area contributed by atoms with Gasteiger partial charge in [0.15, 0.2) is 5.16 Å². The van der Waals surface area contributed by atoms with Crippen molar-refractivity contribution in [1.29, 1.82) is 0 Å². The summed E-state index contributed by atoms with van der Waals surface area (Å²) in [5.41, 5.74) is 2.45. The van der Waals surface area contributed by atoms with Crippen LogP contribution >= 0.6 is 23.4 Å². The van der Waals surface area contributed by atoms with Crippen LogP contribution in [0.1, 0.15) is 5.56 Å². The van der Waals surface area contributed by atoms with Crippen molar-refractivity contribution < 1.29 is 9.90 Å². The Morgan fingerprint density at radius 1 is 1.18 bits per heavy atom. The highest BCUT2D eigenvalue weighted by Gasteiger charge is 2.12. The number of imidazole rings is 1. The average molecular weight is 331 g/mol. The number of rotatable bonds is 4. The summed E-state index contributed by atoms with van der Waals surface area (Å²) in [6.07, 6.45) is 1.59. The zero-order valence-electron chi connectivity index (χ0n) is 11.3. The molecule has 0 fully saturated rings. The standard InChI is InChI=1S/C16H11ClN2O2S/c17-11-7-5-10(6-8-11)9-14(15(20)21)22-16-18-12-3-1-2-4-13(12)19-16/h1-9H,(H,18,19)(H,20,21)/b14-9-. The summed E-state index contributed by atoms with van der Waals surface area (Å²) in [5.74, 6) is -1.000. The van der Waals surface area contributed by atoms with Crippen molar-refractivity contribution >= 4 is 46.4 Å². The lowest BCUT2D eigenvalue weighted by atomic mass is 10.2. The van der Waals surface area contributed by atoms with E-state index in [9.17, 15) is 9.90 Å². The van der Waals surface area contributed by atoms with Gasteiger partial charge in [0.2, 0.25) is 0 Å². The number of halogens is 1. The van der Waals surface area contributed by atoms with E-state index >= 15 is 0 Å². The van der Waals surface area contributed by atoms with Crippen LogP contribution in [0.3, 0.4) is 0 Å². The molecule has 22 heavy (non-hydrogen) atoms. The molecule has 0 aliphatic rings. The number of aliphatic carboxylic acids is 1. The summed E-state index contributed by atoms with van der Waals surface area (Å²) in [6.45, 7) is 0. The highest BCUT2D eigenvalue weighted by Crippen LogP contribution is 2.28. The van der Waals surface area contributed by atoms with E-state index in [1.807, 2.05) is 24.3 Å². The molecule has 0 unspecified atom stereocenters. The minimum absolute atomic E-state index is 0.182. The number of fused-ring (bicyclic) bond motifs is 1. The van der Waals surface area contributed by atoms with Crippen LogP contribution in [-0.2, 0) is 4.79 Å². The number of aromatic amines is 1. The number of nitrogens with one attached hydrogen (secondary N) is 1. The number of benzene rings is 2. The third kappa shape index (κ3) is 3.32. The Balaban J connectivity index is 1.91. The molecule has 2 aromatic carbocycles. The molecular weight excluding hydrogens is 320 g/mol. The van der Waals surface area contributed by atoms with Crippen LogP contribution in [0.25, 0.3) is 17.1 Å². The maximum absolute atomic E-state index is 11.4. The van der Waals surface area contributed by atoms with Crippen LogP contribution in [0.2, 0.25) is 5.02 Å². The molecule has 0 saturated heterocycles. The Kier molecular flexibility index (Phi) is 4.18. The fourth-order valence-electron chi connectivity index (χ4n) is 1.93. The summed E-state index contributed by atoms with van der Waals surface area (Å²) in [4.78, 5) is 19.1. The van der Waals surface area contributed by atoms with Gasteiger partial charge in [-0.05, 0) is 47.7 Å². The Bertz CT molecular complexity index is 823. The topological polar surface area (TPSA) is 66.0 Å². The lowest BCUT2D eigenvalue weighted by Crippen LogP contribution is -1.97. The molecular formula is C16H11ClN2O2S. The maximum Gasteiger partial charge on any atom is 0.342 e. The second-order valence-electron chi connectivity index (χ2n) is 4.53. The highest BCUT2D eigenvalue weighted by molar-refractivity contribution is 8.04. The van der Waals surface area contributed by atoms with Gasteiger partial charge < -0.3 is 10.1 Å². The highest BCUT2D eigenvalue weighted by atomic mass is 35.5. The molecule has 0 atom stereocenters. The summed E-state index contributed by atoms with van der Waals surface area (Å²) in [7, 11) is 0. The second kappa shape index (κ2) is 6.25. The van der Waals surface area contributed by atoms with E-state index in [4.69, 9.17) is 11.6 Å². The molecule has 3 aromatic rings. The van der Waals surface area contributed by atoms with E-state index in [1.54, 1.807) is 30.3 Å². The molecule has 0 radical (unpaired) electrons. The van der Waals surface area contributed by atoms with Crippen LogP contribution in [0, 0.1) is 0 Å². The van der Waals surface area contributed by atoms with E-state index in [1.165, 1.54) is 0 Å². The molecule has 0 aliphatic carbocycles. The minimum atomic E-state index is -1.000. The largest absolute Gasteiger partial charge is 0.477 e. The zero-order valence-corrected chi connectivity index (χ0v) is 12.9. The number of H-pyrrole nitrogens is 1. The maximum atomic E-state index is 11.4. The quantitative estimate of drug-likeness (QED) is 0.548. The Morgan fingerprint density at radius 3 is 2.59 bits per heavy atom. The molecule has 3 rings (SSSR count). The van der Waals surface area contributed by atoms with Crippen molar-refractivity contribution in [1.82, 2.24) is 9.97 Å². The van der Waals surface area contributed by atoms with Crippen LogP contribution in [0.15, 0.2) is 58.6 Å². The van der Waals surface area contributed by atoms with Gasteiger partial charge in [-0.15, -0.1) is 0 Å². The molecule has 0 saturated carbocycles. The van der Waals surface area contributed by atoms with Gasteiger partial charge in [0.25, 0.3) is 0 Å². The van der Waals surface area contributed by atoms with Crippen molar-refractivity contribution in [2.75, 3.05) is 0 Å². The summed E-state index contributed by atoms with van der Waals surface area (Å²) in [5, 5.41) is 10.5. The number of carboxylic acids is 1. The van der Waals surface area contributed by atoms with Gasteiger partial charge in [-0.1, -0.05) is 35.9 Å². The summed E-state index contributed by atoms with van der Waals surface area (Å²) < 4.78 is 0. The number of carboxylic acid groups (broad SMARTS) is 1. The summed E-state index contributed by atoms with van der Waals surface area (Å²) in [6, 6.07) is 14.5. The fraction of sp³-hybridized carbons (Fsp3) is 0. The molecule has 0 aliphatic heterocycles. The second-order valence-corrected chi connectivity index (χ2v) is 5.99. The van der Waals surface area contributed by atoms with Crippen molar-refractivity contribution in [2.45, 2.75) is 5.16 Å². The first-order valence-corrected chi connectivity index (χ1v) is 7.64. The van der Waals surface area contributed by atoms with Crippen molar-refractivity contribution in [3.8, 4) is 0 Å². The third-order valence-electron chi connectivity index (χ3n) is 2.95. The number of hydrogen-bond acceptors (Lipinski definition) is 3. The zero-order chi connectivity index (χ0) is 15.5. The molecule has 0 bridgehead atoms. The number of aromatic nitrogens is 2. The van der Waals surface area contributed by atoms with Crippen molar-refractivity contribution in [3.05, 3.63) is 64.0 Å². The molecule has 110 valence electrons. The van der Waals surface area contributed by atoms with Crippen molar-refractivity contribution in [3.63, 3.8) is 0 Å². The van der Waals surface area contributed by atoms with Gasteiger partial charge in [0.1, 0.15) is 4.91 Å². The van der Waals surface area contributed by atoms with Gasteiger partial charge in [0, 0.05) is 5.02 Å². The predicted molar refractivity (Wildman–Crippen MR) is 89.0 cm³/mol. The van der Waals surface area contributed by atoms with E-state index in [0.29, 0.717) is 10.2 Å². The van der Waals surface area contributed by atoms with Gasteiger partial charge >= 0.3 is 5.97 Å².